The van der Waals surface area contributed by atoms with Gasteiger partial charge in [0.1, 0.15) is 25.4 Å². The quantitative estimate of drug-likeness (QED) is 0.0509. The summed E-state index contributed by atoms with van der Waals surface area (Å²) in [4.78, 5) is 51.6. The molecule has 0 aromatic heterocycles. The van der Waals surface area contributed by atoms with E-state index in [-0.39, 0.29) is 38.3 Å². The van der Waals surface area contributed by atoms with E-state index in [0.29, 0.717) is 58.2 Å². The van der Waals surface area contributed by atoms with Gasteiger partial charge in [0.2, 0.25) is 0 Å². The van der Waals surface area contributed by atoms with E-state index in [2.05, 4.69) is 37.5 Å². The summed E-state index contributed by atoms with van der Waals surface area (Å²) in [5.74, 6) is -1.73. The molecule has 0 aromatic rings. The van der Waals surface area contributed by atoms with Crippen LogP contribution in [0.5, 0.6) is 0 Å². The zero-order chi connectivity index (χ0) is 35.8. The molecular formula is C36H68N2O10. The van der Waals surface area contributed by atoms with Crippen molar-refractivity contribution in [3.63, 3.8) is 0 Å². The number of carboxylic acid groups (broad SMARTS) is 2. The lowest BCUT2D eigenvalue weighted by Crippen LogP contribution is -2.39. The number of hydrogen-bond acceptors (Lipinski definition) is 10. The number of ether oxygens (including phenoxy) is 4. The molecule has 2 N–H and O–H groups in total. The largest absolute Gasteiger partial charge is 0.508 e. The van der Waals surface area contributed by atoms with E-state index < -0.39 is 24.2 Å². The number of hydrogen-bond donors (Lipinski definition) is 2. The van der Waals surface area contributed by atoms with Crippen LogP contribution < -0.4 is 0 Å². The topological polar surface area (TPSA) is 152 Å². The summed E-state index contributed by atoms with van der Waals surface area (Å²) >= 11 is 0. The van der Waals surface area contributed by atoms with E-state index in [1.165, 1.54) is 0 Å². The van der Waals surface area contributed by atoms with Crippen LogP contribution in [0.15, 0.2) is 0 Å². The molecule has 0 radical (unpaired) electrons. The summed E-state index contributed by atoms with van der Waals surface area (Å²) in [7, 11) is 0. The minimum Gasteiger partial charge on any atom is -0.481 e. The molecule has 282 valence electrons. The predicted molar refractivity (Wildman–Crippen MR) is 186 cm³/mol. The summed E-state index contributed by atoms with van der Waals surface area (Å²) in [6.45, 7) is 13.1. The highest BCUT2D eigenvalue weighted by Gasteiger charge is 2.19. The molecule has 12 nitrogen and oxygen atoms in total. The fourth-order valence-corrected chi connectivity index (χ4v) is 5.53. The summed E-state index contributed by atoms with van der Waals surface area (Å²) in [6, 6.07) is 0. The molecule has 0 spiro atoms. The number of carbonyl (C=O) groups is 4. The molecule has 0 fully saturated rings. The molecule has 0 aliphatic heterocycles. The number of carboxylic acids is 2. The second-order valence-electron chi connectivity index (χ2n) is 12.6. The molecule has 12 heteroatoms. The van der Waals surface area contributed by atoms with E-state index in [1.807, 2.05) is 0 Å². The normalized spacial score (nSPS) is 12.5. The molecule has 2 unspecified atom stereocenters. The van der Waals surface area contributed by atoms with Crippen molar-refractivity contribution >= 4 is 24.2 Å². The lowest BCUT2D eigenvalue weighted by Gasteiger charge is -2.27. The minimum absolute atomic E-state index is 0.0336. The molecule has 0 aliphatic carbocycles. The second kappa shape index (κ2) is 31.7. The van der Waals surface area contributed by atoms with Crippen LogP contribution >= 0.6 is 0 Å². The molecular weight excluding hydrogens is 620 g/mol. The van der Waals surface area contributed by atoms with Crippen molar-refractivity contribution in [3.05, 3.63) is 0 Å². The van der Waals surface area contributed by atoms with Crippen LogP contribution in [-0.4, -0.2) is 109 Å². The predicted octanol–water partition coefficient (Wildman–Crippen LogP) is 7.90. The van der Waals surface area contributed by atoms with Crippen molar-refractivity contribution in [3.8, 4) is 0 Å². The van der Waals surface area contributed by atoms with Gasteiger partial charge in [-0.05, 0) is 77.3 Å². The van der Waals surface area contributed by atoms with Crippen molar-refractivity contribution in [2.75, 3.05) is 52.5 Å². The van der Waals surface area contributed by atoms with E-state index in [4.69, 9.17) is 29.2 Å². The van der Waals surface area contributed by atoms with Crippen LogP contribution in [0, 0.1) is 0 Å². The smallest absolute Gasteiger partial charge is 0.481 e. The molecule has 48 heavy (non-hydrogen) atoms. The molecule has 0 saturated carbocycles. The Morgan fingerprint density at radius 3 is 1.21 bits per heavy atom. The van der Waals surface area contributed by atoms with E-state index in [9.17, 15) is 19.2 Å². The highest BCUT2D eigenvalue weighted by Crippen LogP contribution is 2.16. The average molecular weight is 689 g/mol. The van der Waals surface area contributed by atoms with Crippen LogP contribution in [0.2, 0.25) is 0 Å². The van der Waals surface area contributed by atoms with E-state index in [0.717, 1.165) is 83.8 Å². The summed E-state index contributed by atoms with van der Waals surface area (Å²) in [5, 5.41) is 18.0. The summed E-state index contributed by atoms with van der Waals surface area (Å²) in [6.07, 6.45) is 11.4. The SMILES string of the molecule is CCCCCCC(CCCC(=O)O)OC(=O)OCCN(CCOC(=O)OC(CCCCCC)CCCC(=O)O)CCN(CCC)CCC. The summed E-state index contributed by atoms with van der Waals surface area (Å²) < 4.78 is 22.1. The first kappa shape index (κ1) is 45.4. The highest BCUT2D eigenvalue weighted by molar-refractivity contribution is 5.67. The zero-order valence-electron chi connectivity index (χ0n) is 30.6. The first-order valence-corrected chi connectivity index (χ1v) is 18.7. The third-order valence-corrected chi connectivity index (χ3v) is 8.19. The molecule has 0 amide bonds. The van der Waals surface area contributed by atoms with Gasteiger partial charge in [-0.25, -0.2) is 9.59 Å². The average Bonchev–Trinajstić information content (AvgIpc) is 3.03. The third kappa shape index (κ3) is 28.4. The van der Waals surface area contributed by atoms with Gasteiger partial charge in [-0.15, -0.1) is 0 Å². The Labute approximate surface area is 290 Å². The fraction of sp³-hybridized carbons (Fsp3) is 0.889. The van der Waals surface area contributed by atoms with Gasteiger partial charge in [0.05, 0.1) is 0 Å². The fourth-order valence-electron chi connectivity index (χ4n) is 5.53. The molecule has 0 aliphatic rings. The summed E-state index contributed by atoms with van der Waals surface area (Å²) in [5.41, 5.74) is 0. The van der Waals surface area contributed by atoms with Crippen molar-refractivity contribution in [2.45, 2.75) is 155 Å². The number of rotatable bonds is 33. The number of nitrogens with zero attached hydrogens (tertiary/aromatic N) is 2. The third-order valence-electron chi connectivity index (χ3n) is 8.19. The lowest BCUT2D eigenvalue weighted by molar-refractivity contribution is -0.138. The highest BCUT2D eigenvalue weighted by atomic mass is 16.7. The van der Waals surface area contributed by atoms with Gasteiger partial charge in [-0.3, -0.25) is 14.5 Å². The Balaban J connectivity index is 5.07. The van der Waals surface area contributed by atoms with Crippen LogP contribution in [-0.2, 0) is 28.5 Å². The molecule has 0 heterocycles. The number of carbonyl (C=O) groups excluding carboxylic acids is 2. The Morgan fingerprint density at radius 2 is 0.854 bits per heavy atom. The van der Waals surface area contributed by atoms with E-state index in [1.54, 1.807) is 0 Å². The Kier molecular flexibility index (Phi) is 29.9. The van der Waals surface area contributed by atoms with Gasteiger partial charge in [0.25, 0.3) is 0 Å². The van der Waals surface area contributed by atoms with Gasteiger partial charge in [0, 0.05) is 39.0 Å². The molecule has 0 aromatic carbocycles. The monoisotopic (exact) mass is 688 g/mol. The molecule has 0 bridgehead atoms. The standard InChI is InChI=1S/C36H68N2O10/c1-5-9-11-13-17-31(19-15-21-33(39)40)47-35(43)45-29-27-38(26-25-37(23-7-3)24-8-4)28-30-46-36(44)48-32(18-14-12-10-6-2)20-16-22-34(41)42/h31-32H,5-30H2,1-4H3,(H,39,40)(H,41,42). The van der Waals surface area contributed by atoms with E-state index >= 15 is 0 Å². The van der Waals surface area contributed by atoms with Crippen molar-refractivity contribution in [1.82, 2.24) is 9.80 Å². The van der Waals surface area contributed by atoms with Crippen LogP contribution in [0.25, 0.3) is 0 Å². The van der Waals surface area contributed by atoms with Crippen LogP contribution in [0.1, 0.15) is 143 Å². The van der Waals surface area contributed by atoms with Crippen molar-refractivity contribution < 1.29 is 48.3 Å². The number of aliphatic carboxylic acids is 2. The van der Waals surface area contributed by atoms with Crippen LogP contribution in [0.3, 0.4) is 0 Å². The maximum Gasteiger partial charge on any atom is 0.508 e. The van der Waals surface area contributed by atoms with Gasteiger partial charge in [-0.1, -0.05) is 66.2 Å². The maximum atomic E-state index is 12.6. The first-order valence-electron chi connectivity index (χ1n) is 18.7. The Hall–Kier alpha value is -2.60. The van der Waals surface area contributed by atoms with Crippen molar-refractivity contribution in [2.24, 2.45) is 0 Å². The maximum absolute atomic E-state index is 12.6. The second-order valence-corrected chi connectivity index (χ2v) is 12.6. The van der Waals surface area contributed by atoms with Gasteiger partial charge in [0.15, 0.2) is 0 Å². The first-order chi connectivity index (χ1) is 23.1. The molecule has 0 rings (SSSR count). The van der Waals surface area contributed by atoms with Gasteiger partial charge in [-0.2, -0.15) is 0 Å². The minimum atomic E-state index is -0.867. The Bertz CT molecular complexity index is 767. The van der Waals surface area contributed by atoms with Crippen molar-refractivity contribution in [1.29, 1.82) is 0 Å². The van der Waals surface area contributed by atoms with Gasteiger partial charge < -0.3 is 34.1 Å². The molecule has 2 atom stereocenters. The lowest BCUT2D eigenvalue weighted by atomic mass is 10.0. The number of unbranched alkanes of at least 4 members (excludes halogenated alkanes) is 6. The zero-order valence-corrected chi connectivity index (χ0v) is 30.6. The molecule has 0 saturated heterocycles. The van der Waals surface area contributed by atoms with Gasteiger partial charge >= 0.3 is 24.2 Å². The van der Waals surface area contributed by atoms with Crippen LogP contribution in [0.4, 0.5) is 9.59 Å². The Morgan fingerprint density at radius 1 is 0.479 bits per heavy atom.